The molecule has 1 rings (SSSR count). The van der Waals surface area contributed by atoms with Crippen molar-refractivity contribution in [2.24, 2.45) is 0 Å². The minimum Gasteiger partial charge on any atom is -0.399 e. The smallest absolute Gasteiger partial charge is 0.242 e. The summed E-state index contributed by atoms with van der Waals surface area (Å²) in [5, 5.41) is 6.13. The lowest BCUT2D eigenvalue weighted by molar-refractivity contribution is -0.122. The molecular weight excluding hydrogens is 341 g/mol. The molecule has 0 saturated heterocycles. The molecule has 0 aliphatic carbocycles. The topological polar surface area (TPSA) is 67.1 Å². The summed E-state index contributed by atoms with van der Waals surface area (Å²) in [6.45, 7) is 7.73. The lowest BCUT2D eigenvalue weighted by Crippen LogP contribution is -2.47. The second-order valence-corrected chi connectivity index (χ2v) is 6.51. The zero-order chi connectivity index (χ0) is 13.9. The molecule has 1 aromatic carbocycles. The van der Waals surface area contributed by atoms with Gasteiger partial charge in [0.1, 0.15) is 6.04 Å². The molecule has 0 spiro atoms. The quantitative estimate of drug-likeness (QED) is 0.573. The number of carbonyl (C=O) groups excluding carboxylic acids is 1. The molecule has 1 unspecified atom stereocenters. The van der Waals surface area contributed by atoms with Gasteiger partial charge in [-0.3, -0.25) is 4.79 Å². The van der Waals surface area contributed by atoms with E-state index in [-0.39, 0.29) is 17.5 Å². The Hall–Kier alpha value is -0.980. The summed E-state index contributed by atoms with van der Waals surface area (Å²) in [4.78, 5) is 11.9. The summed E-state index contributed by atoms with van der Waals surface area (Å²) >= 11 is 2.20. The molecule has 0 saturated carbocycles. The number of halogens is 1. The van der Waals surface area contributed by atoms with Crippen molar-refractivity contribution in [3.8, 4) is 0 Å². The SMILES string of the molecule is CC(Nc1ccc(N)cc1I)C(=O)NC(C)(C)C. The van der Waals surface area contributed by atoms with Crippen LogP contribution in [0.1, 0.15) is 27.7 Å². The van der Waals surface area contributed by atoms with Gasteiger partial charge < -0.3 is 16.4 Å². The molecule has 1 aromatic rings. The zero-order valence-corrected chi connectivity index (χ0v) is 13.3. The van der Waals surface area contributed by atoms with Gasteiger partial charge >= 0.3 is 0 Å². The van der Waals surface area contributed by atoms with E-state index in [1.54, 1.807) is 0 Å². The van der Waals surface area contributed by atoms with Gasteiger partial charge in [0.25, 0.3) is 0 Å². The number of amides is 1. The van der Waals surface area contributed by atoms with Crippen LogP contribution >= 0.6 is 22.6 Å². The van der Waals surface area contributed by atoms with Gasteiger partial charge in [-0.15, -0.1) is 0 Å². The minimum atomic E-state index is -0.290. The van der Waals surface area contributed by atoms with Crippen LogP contribution in [0.2, 0.25) is 0 Å². The fourth-order valence-electron chi connectivity index (χ4n) is 1.43. The second-order valence-electron chi connectivity index (χ2n) is 5.34. The molecule has 0 fully saturated rings. The molecule has 1 amide bonds. The van der Waals surface area contributed by atoms with Crippen molar-refractivity contribution in [1.82, 2.24) is 5.32 Å². The Bertz CT molecular complexity index is 440. The van der Waals surface area contributed by atoms with E-state index in [4.69, 9.17) is 5.73 Å². The van der Waals surface area contributed by atoms with Crippen LogP contribution in [0.5, 0.6) is 0 Å². The zero-order valence-electron chi connectivity index (χ0n) is 11.2. The standard InChI is InChI=1S/C13H20IN3O/c1-8(12(18)17-13(2,3)4)16-11-6-5-9(15)7-10(11)14/h5-8,16H,15H2,1-4H3,(H,17,18). The summed E-state index contributed by atoms with van der Waals surface area (Å²) in [7, 11) is 0. The molecular formula is C13H20IN3O. The van der Waals surface area contributed by atoms with Crippen molar-refractivity contribution in [2.45, 2.75) is 39.3 Å². The molecule has 0 bridgehead atoms. The van der Waals surface area contributed by atoms with E-state index < -0.39 is 0 Å². The summed E-state index contributed by atoms with van der Waals surface area (Å²) < 4.78 is 1.00. The van der Waals surface area contributed by atoms with E-state index in [9.17, 15) is 4.79 Å². The first-order valence-corrected chi connectivity index (χ1v) is 6.90. The average molecular weight is 361 g/mol. The van der Waals surface area contributed by atoms with Gasteiger partial charge in [-0.25, -0.2) is 0 Å². The first-order chi connectivity index (χ1) is 8.19. The fraction of sp³-hybridized carbons (Fsp3) is 0.462. The highest BCUT2D eigenvalue weighted by Crippen LogP contribution is 2.21. The van der Waals surface area contributed by atoms with E-state index in [1.807, 2.05) is 45.9 Å². The van der Waals surface area contributed by atoms with Crippen molar-refractivity contribution in [2.75, 3.05) is 11.1 Å². The summed E-state index contributed by atoms with van der Waals surface area (Å²) in [5.74, 6) is -0.0184. The van der Waals surface area contributed by atoms with Crippen LogP contribution in [0.15, 0.2) is 18.2 Å². The van der Waals surface area contributed by atoms with Crippen molar-refractivity contribution in [1.29, 1.82) is 0 Å². The van der Waals surface area contributed by atoms with Crippen LogP contribution in [-0.4, -0.2) is 17.5 Å². The predicted octanol–water partition coefficient (Wildman–Crippen LogP) is 2.59. The highest BCUT2D eigenvalue weighted by atomic mass is 127. The van der Waals surface area contributed by atoms with Crippen molar-refractivity contribution in [3.63, 3.8) is 0 Å². The predicted molar refractivity (Wildman–Crippen MR) is 84.6 cm³/mol. The fourth-order valence-corrected chi connectivity index (χ4v) is 2.12. The summed E-state index contributed by atoms with van der Waals surface area (Å²) in [5.41, 5.74) is 7.11. The average Bonchev–Trinajstić information content (AvgIpc) is 2.19. The molecule has 0 aliphatic heterocycles. The Morgan fingerprint density at radius 2 is 2.00 bits per heavy atom. The molecule has 0 heterocycles. The van der Waals surface area contributed by atoms with Gasteiger partial charge in [-0.1, -0.05) is 0 Å². The molecule has 4 N–H and O–H groups in total. The van der Waals surface area contributed by atoms with Crippen LogP contribution in [0.3, 0.4) is 0 Å². The molecule has 0 aliphatic rings. The number of hydrogen-bond acceptors (Lipinski definition) is 3. The number of nitrogen functional groups attached to an aromatic ring is 1. The highest BCUT2D eigenvalue weighted by Gasteiger charge is 2.19. The summed E-state index contributed by atoms with van der Waals surface area (Å²) in [6, 6.07) is 5.29. The van der Waals surface area contributed by atoms with Gasteiger partial charge in [-0.05, 0) is 68.5 Å². The first kappa shape index (κ1) is 15.1. The minimum absolute atomic E-state index is 0.0184. The van der Waals surface area contributed by atoms with Crippen LogP contribution in [0.4, 0.5) is 11.4 Å². The lowest BCUT2D eigenvalue weighted by Gasteiger charge is -2.24. The third kappa shape index (κ3) is 4.72. The van der Waals surface area contributed by atoms with Gasteiger partial charge in [0.2, 0.25) is 5.91 Å². The molecule has 4 nitrogen and oxygen atoms in total. The Morgan fingerprint density at radius 3 is 2.50 bits per heavy atom. The normalized spacial score (nSPS) is 12.9. The number of anilines is 2. The van der Waals surface area contributed by atoms with E-state index >= 15 is 0 Å². The number of rotatable bonds is 3. The molecule has 100 valence electrons. The van der Waals surface area contributed by atoms with Gasteiger partial charge in [-0.2, -0.15) is 0 Å². The van der Waals surface area contributed by atoms with Gasteiger partial charge in [0.15, 0.2) is 0 Å². The number of carbonyl (C=O) groups is 1. The Morgan fingerprint density at radius 1 is 1.39 bits per heavy atom. The maximum absolute atomic E-state index is 11.9. The van der Waals surface area contributed by atoms with E-state index in [0.717, 1.165) is 14.9 Å². The monoisotopic (exact) mass is 361 g/mol. The third-order valence-corrected chi connectivity index (χ3v) is 3.15. The van der Waals surface area contributed by atoms with E-state index in [2.05, 4.69) is 33.2 Å². The molecule has 0 aromatic heterocycles. The number of nitrogens with two attached hydrogens (primary N) is 1. The van der Waals surface area contributed by atoms with Gasteiger partial charge in [0.05, 0.1) is 0 Å². The molecule has 5 heteroatoms. The van der Waals surface area contributed by atoms with Crippen molar-refractivity contribution < 1.29 is 4.79 Å². The summed E-state index contributed by atoms with van der Waals surface area (Å²) in [6.07, 6.45) is 0. The number of hydrogen-bond donors (Lipinski definition) is 3. The Kier molecular flexibility index (Phi) is 4.84. The maximum atomic E-state index is 11.9. The largest absolute Gasteiger partial charge is 0.399 e. The molecule has 0 radical (unpaired) electrons. The lowest BCUT2D eigenvalue weighted by atomic mass is 10.1. The Labute approximate surface area is 122 Å². The third-order valence-electron chi connectivity index (χ3n) is 2.26. The van der Waals surface area contributed by atoms with Crippen molar-refractivity contribution >= 4 is 39.9 Å². The first-order valence-electron chi connectivity index (χ1n) is 5.82. The highest BCUT2D eigenvalue weighted by molar-refractivity contribution is 14.1. The maximum Gasteiger partial charge on any atom is 0.242 e. The van der Waals surface area contributed by atoms with Crippen molar-refractivity contribution in [3.05, 3.63) is 21.8 Å². The van der Waals surface area contributed by atoms with Crippen LogP contribution in [0, 0.1) is 3.57 Å². The number of benzene rings is 1. The van der Waals surface area contributed by atoms with Crippen LogP contribution in [0.25, 0.3) is 0 Å². The van der Waals surface area contributed by atoms with E-state index in [1.165, 1.54) is 0 Å². The molecule has 1 atom stereocenters. The van der Waals surface area contributed by atoms with Crippen LogP contribution in [-0.2, 0) is 4.79 Å². The second kappa shape index (κ2) is 5.77. The van der Waals surface area contributed by atoms with Gasteiger partial charge in [0, 0.05) is 20.5 Å². The number of nitrogens with one attached hydrogen (secondary N) is 2. The van der Waals surface area contributed by atoms with Crippen LogP contribution < -0.4 is 16.4 Å². The molecule has 18 heavy (non-hydrogen) atoms. The Balaban J connectivity index is 2.69. The van der Waals surface area contributed by atoms with E-state index in [0.29, 0.717) is 0 Å².